The fourth-order valence-corrected chi connectivity index (χ4v) is 5.93. The predicted octanol–water partition coefficient (Wildman–Crippen LogP) is 2.27. The smallest absolute Gasteiger partial charge is 0.233 e. The molecule has 0 radical (unpaired) electrons. The van der Waals surface area contributed by atoms with Crippen LogP contribution in [-0.2, 0) is 14.3 Å². The van der Waals surface area contributed by atoms with Gasteiger partial charge >= 0.3 is 0 Å². The molecule has 1 aliphatic carbocycles. The Morgan fingerprint density at radius 1 is 0.972 bits per heavy atom. The van der Waals surface area contributed by atoms with E-state index in [-0.39, 0.29) is 5.91 Å². The van der Waals surface area contributed by atoms with E-state index in [9.17, 15) is 4.79 Å². The maximum absolute atomic E-state index is 12.0. The van der Waals surface area contributed by atoms with Gasteiger partial charge in [0.2, 0.25) is 23.8 Å². The van der Waals surface area contributed by atoms with E-state index in [1.165, 1.54) is 11.8 Å². The number of thioether (sulfide) groups is 1. The highest BCUT2D eigenvalue weighted by Gasteiger charge is 2.23. The molecule has 2 aromatic heterocycles. The summed E-state index contributed by atoms with van der Waals surface area (Å²) in [6.07, 6.45) is 2.19. The summed E-state index contributed by atoms with van der Waals surface area (Å²) >= 11 is 3.06. The number of thiazole rings is 1. The van der Waals surface area contributed by atoms with Gasteiger partial charge in [-0.05, 0) is 31.0 Å². The van der Waals surface area contributed by atoms with Crippen LogP contribution in [0.1, 0.15) is 12.8 Å². The lowest BCUT2D eigenvalue weighted by atomic mass is 10.3. The molecule has 1 aromatic carbocycles. The minimum atomic E-state index is 0.0751. The molecule has 3 aromatic rings. The molecule has 13 heteroatoms. The summed E-state index contributed by atoms with van der Waals surface area (Å²) in [5, 5.41) is 6.39. The topological polar surface area (TPSA) is 118 Å². The molecule has 1 amide bonds. The fourth-order valence-electron chi connectivity index (χ4n) is 4.02. The second kappa shape index (κ2) is 10.7. The molecule has 2 aliphatic heterocycles. The molecule has 0 atom stereocenters. The minimum Gasteiger partial charge on any atom is -0.378 e. The Balaban J connectivity index is 1.20. The molecule has 1 saturated carbocycles. The average molecular weight is 529 g/mol. The van der Waals surface area contributed by atoms with Gasteiger partial charge in [0.1, 0.15) is 0 Å². The number of hydrogen-bond acceptors (Lipinski definition) is 12. The molecule has 0 bridgehead atoms. The Labute approximate surface area is 217 Å². The van der Waals surface area contributed by atoms with Gasteiger partial charge in [-0.3, -0.25) is 4.79 Å². The van der Waals surface area contributed by atoms with Crippen molar-refractivity contribution < 1.29 is 14.3 Å². The molecule has 2 saturated heterocycles. The molecule has 190 valence electrons. The summed E-state index contributed by atoms with van der Waals surface area (Å²) < 4.78 is 12.9. The van der Waals surface area contributed by atoms with Gasteiger partial charge < -0.3 is 29.9 Å². The number of nitrogens with one attached hydrogen (secondary N) is 2. The molecule has 4 heterocycles. The Morgan fingerprint density at radius 3 is 2.28 bits per heavy atom. The highest BCUT2D eigenvalue weighted by atomic mass is 32.2. The summed E-state index contributed by atoms with van der Waals surface area (Å²) in [4.78, 5) is 35.2. The first-order valence-corrected chi connectivity index (χ1v) is 14.0. The molecule has 11 nitrogen and oxygen atoms in total. The maximum atomic E-state index is 12.0. The zero-order chi connectivity index (χ0) is 24.3. The van der Waals surface area contributed by atoms with E-state index in [4.69, 9.17) is 24.4 Å². The maximum Gasteiger partial charge on any atom is 0.233 e. The van der Waals surface area contributed by atoms with Crippen molar-refractivity contribution in [1.82, 2.24) is 25.3 Å². The fraction of sp³-hybridized carbons (Fsp3) is 0.522. The average Bonchev–Trinajstić information content (AvgIpc) is 3.64. The first kappa shape index (κ1) is 23.6. The summed E-state index contributed by atoms with van der Waals surface area (Å²) in [6, 6.07) is 6.39. The van der Waals surface area contributed by atoms with Crippen LogP contribution in [-0.4, -0.2) is 90.2 Å². The number of fused-ring (bicyclic) bond motifs is 1. The van der Waals surface area contributed by atoms with Crippen LogP contribution in [0.2, 0.25) is 0 Å². The number of hydrogen-bond donors (Lipinski definition) is 2. The first-order chi connectivity index (χ1) is 17.7. The standard InChI is InChI=1S/C23H28N8O3S2/c32-19(24-15-1-2-15)14-35-23-26-17-4-3-16(13-18(17)36-23)25-20-27-21(30-5-9-33-10-6-30)29-22(28-20)31-7-11-34-12-8-31/h3-4,13,15H,1-2,5-12,14H2,(H,24,32)(H,25,27,28,29). The monoisotopic (exact) mass is 528 g/mol. The van der Waals surface area contributed by atoms with Crippen LogP contribution in [0.5, 0.6) is 0 Å². The van der Waals surface area contributed by atoms with Gasteiger partial charge in [-0.2, -0.15) is 15.0 Å². The van der Waals surface area contributed by atoms with Crippen molar-refractivity contribution in [2.24, 2.45) is 0 Å². The van der Waals surface area contributed by atoms with Crippen LogP contribution < -0.4 is 20.4 Å². The molecule has 3 fully saturated rings. The SMILES string of the molecule is O=C(CSc1nc2ccc(Nc3nc(N4CCOCC4)nc(N4CCOCC4)n3)cc2s1)NC1CC1. The summed E-state index contributed by atoms with van der Waals surface area (Å²) in [6.45, 7) is 5.63. The normalized spacial score (nSPS) is 18.4. The van der Waals surface area contributed by atoms with Gasteiger partial charge in [-0.15, -0.1) is 11.3 Å². The van der Waals surface area contributed by atoms with Crippen molar-refractivity contribution in [2.45, 2.75) is 23.2 Å². The summed E-state index contributed by atoms with van der Waals surface area (Å²) in [7, 11) is 0. The number of amides is 1. The van der Waals surface area contributed by atoms with E-state index >= 15 is 0 Å². The highest BCUT2D eigenvalue weighted by molar-refractivity contribution is 8.01. The third-order valence-corrected chi connectivity index (χ3v) is 8.25. The quantitative estimate of drug-likeness (QED) is 0.419. The van der Waals surface area contributed by atoms with Gasteiger partial charge in [0.15, 0.2) is 4.34 Å². The number of carbonyl (C=O) groups is 1. The Kier molecular flexibility index (Phi) is 7.03. The van der Waals surface area contributed by atoms with E-state index in [0.29, 0.717) is 56.1 Å². The van der Waals surface area contributed by atoms with E-state index in [1.54, 1.807) is 11.3 Å². The zero-order valence-corrected chi connectivity index (χ0v) is 21.4. The van der Waals surface area contributed by atoms with Gasteiger partial charge in [0.05, 0.1) is 42.4 Å². The van der Waals surface area contributed by atoms with Crippen molar-refractivity contribution in [1.29, 1.82) is 0 Å². The van der Waals surface area contributed by atoms with E-state index in [1.807, 2.05) is 18.2 Å². The summed E-state index contributed by atoms with van der Waals surface area (Å²) in [5.74, 6) is 2.27. The third-order valence-electron chi connectivity index (χ3n) is 6.09. The number of anilines is 4. The zero-order valence-electron chi connectivity index (χ0n) is 19.8. The van der Waals surface area contributed by atoms with Gasteiger partial charge in [-0.1, -0.05) is 11.8 Å². The molecular weight excluding hydrogens is 500 g/mol. The lowest BCUT2D eigenvalue weighted by Crippen LogP contribution is -2.40. The molecule has 3 aliphatic rings. The molecule has 0 spiro atoms. The highest BCUT2D eigenvalue weighted by Crippen LogP contribution is 2.32. The molecule has 6 rings (SSSR count). The molecular formula is C23H28N8O3S2. The number of rotatable bonds is 8. The van der Waals surface area contributed by atoms with Crippen molar-refractivity contribution in [3.05, 3.63) is 18.2 Å². The summed E-state index contributed by atoms with van der Waals surface area (Å²) in [5.41, 5.74) is 1.79. The molecule has 0 unspecified atom stereocenters. The number of ether oxygens (including phenoxy) is 2. The first-order valence-electron chi connectivity index (χ1n) is 12.2. The molecule has 36 heavy (non-hydrogen) atoms. The number of aromatic nitrogens is 4. The van der Waals surface area contributed by atoms with Crippen LogP contribution in [0.4, 0.5) is 23.5 Å². The van der Waals surface area contributed by atoms with E-state index < -0.39 is 0 Å². The van der Waals surface area contributed by atoms with Crippen LogP contribution in [0, 0.1) is 0 Å². The van der Waals surface area contributed by atoms with Crippen LogP contribution in [0.3, 0.4) is 0 Å². The Morgan fingerprint density at radius 2 is 1.64 bits per heavy atom. The predicted molar refractivity (Wildman–Crippen MR) is 141 cm³/mol. The van der Waals surface area contributed by atoms with Gasteiger partial charge in [0.25, 0.3) is 0 Å². The van der Waals surface area contributed by atoms with Crippen LogP contribution >= 0.6 is 23.1 Å². The Bertz CT molecular complexity index is 1190. The van der Waals surface area contributed by atoms with Crippen LogP contribution in [0.15, 0.2) is 22.5 Å². The van der Waals surface area contributed by atoms with Crippen molar-refractivity contribution in [3.63, 3.8) is 0 Å². The number of nitrogens with zero attached hydrogens (tertiary/aromatic N) is 6. The van der Waals surface area contributed by atoms with Gasteiger partial charge in [-0.25, -0.2) is 4.98 Å². The lowest BCUT2D eigenvalue weighted by Gasteiger charge is -2.30. The van der Waals surface area contributed by atoms with E-state index in [0.717, 1.165) is 59.3 Å². The lowest BCUT2D eigenvalue weighted by molar-refractivity contribution is -0.118. The number of carbonyl (C=O) groups excluding carboxylic acids is 1. The van der Waals surface area contributed by atoms with Crippen molar-refractivity contribution >= 4 is 62.8 Å². The van der Waals surface area contributed by atoms with Crippen molar-refractivity contribution in [2.75, 3.05) is 73.5 Å². The Hall–Kier alpha value is -2.74. The minimum absolute atomic E-state index is 0.0751. The van der Waals surface area contributed by atoms with E-state index in [2.05, 4.69) is 25.4 Å². The third kappa shape index (κ3) is 5.80. The number of benzene rings is 1. The molecule has 2 N–H and O–H groups in total. The second-order valence-electron chi connectivity index (χ2n) is 8.88. The van der Waals surface area contributed by atoms with Gasteiger partial charge in [0, 0.05) is 37.9 Å². The van der Waals surface area contributed by atoms with Crippen LogP contribution in [0.25, 0.3) is 10.2 Å². The largest absolute Gasteiger partial charge is 0.378 e. The van der Waals surface area contributed by atoms with Crippen molar-refractivity contribution in [3.8, 4) is 0 Å². The number of morpholine rings is 2. The second-order valence-corrected chi connectivity index (χ2v) is 11.1.